The molecule has 2 aromatic carbocycles. The van der Waals surface area contributed by atoms with Gasteiger partial charge in [0.15, 0.2) is 5.16 Å². The molecule has 3 aromatic rings. The first-order valence-corrected chi connectivity index (χ1v) is 9.76. The van der Waals surface area contributed by atoms with Gasteiger partial charge in [-0.3, -0.25) is 0 Å². The normalized spacial score (nSPS) is 13.7. The first-order valence-electron chi connectivity index (χ1n) is 8.78. The fourth-order valence-corrected chi connectivity index (χ4v) is 3.55. The van der Waals surface area contributed by atoms with Crippen molar-refractivity contribution in [2.45, 2.75) is 30.5 Å². The summed E-state index contributed by atoms with van der Waals surface area (Å²) in [5.74, 6) is 2.83. The number of benzene rings is 2. The molecule has 0 bridgehead atoms. The monoisotopic (exact) mass is 369 g/mol. The van der Waals surface area contributed by atoms with Crippen LogP contribution in [-0.2, 0) is 6.54 Å². The second-order valence-electron chi connectivity index (χ2n) is 6.34. The van der Waals surface area contributed by atoms with Crippen molar-refractivity contribution < 1.29 is 9.13 Å². The maximum Gasteiger partial charge on any atom is 0.191 e. The highest BCUT2D eigenvalue weighted by Gasteiger charge is 2.30. The molecular formula is C20H20FN3OS. The maximum absolute atomic E-state index is 12.9. The van der Waals surface area contributed by atoms with Crippen molar-refractivity contribution in [1.82, 2.24) is 14.8 Å². The Morgan fingerprint density at radius 1 is 1.04 bits per heavy atom. The molecular weight excluding hydrogens is 349 g/mol. The third-order valence-electron chi connectivity index (χ3n) is 4.27. The van der Waals surface area contributed by atoms with Crippen LogP contribution < -0.4 is 4.74 Å². The lowest BCUT2D eigenvalue weighted by Gasteiger charge is -2.10. The van der Waals surface area contributed by atoms with E-state index in [1.54, 1.807) is 23.9 Å². The average molecular weight is 369 g/mol. The van der Waals surface area contributed by atoms with E-state index in [1.165, 1.54) is 30.5 Å². The molecule has 1 aromatic heterocycles. The summed E-state index contributed by atoms with van der Waals surface area (Å²) >= 11 is 1.64. The fraction of sp³-hybridized carbons (Fsp3) is 0.300. The van der Waals surface area contributed by atoms with E-state index in [9.17, 15) is 4.39 Å². The van der Waals surface area contributed by atoms with Crippen LogP contribution in [0.3, 0.4) is 0 Å². The lowest BCUT2D eigenvalue weighted by molar-refractivity contribution is 0.343. The second kappa shape index (κ2) is 7.91. The van der Waals surface area contributed by atoms with Crippen molar-refractivity contribution in [2.24, 2.45) is 0 Å². The van der Waals surface area contributed by atoms with Gasteiger partial charge in [-0.1, -0.05) is 42.1 Å². The Morgan fingerprint density at radius 3 is 2.54 bits per heavy atom. The van der Waals surface area contributed by atoms with Crippen LogP contribution in [0.25, 0.3) is 0 Å². The SMILES string of the molecule is Fc1ccc(OCCSc2nnc(C3CC3)n2Cc2ccccc2)cc1. The Kier molecular flexibility index (Phi) is 5.20. The number of thioether (sulfide) groups is 1. The summed E-state index contributed by atoms with van der Waals surface area (Å²) in [4.78, 5) is 0. The highest BCUT2D eigenvalue weighted by atomic mass is 32.2. The third-order valence-corrected chi connectivity index (χ3v) is 5.20. The zero-order valence-electron chi connectivity index (χ0n) is 14.3. The third kappa shape index (κ3) is 4.25. The van der Waals surface area contributed by atoms with Crippen molar-refractivity contribution in [1.29, 1.82) is 0 Å². The quantitative estimate of drug-likeness (QED) is 0.432. The number of aromatic nitrogens is 3. The van der Waals surface area contributed by atoms with Crippen LogP contribution in [0.2, 0.25) is 0 Å². The number of ether oxygens (including phenoxy) is 1. The van der Waals surface area contributed by atoms with Crippen LogP contribution in [0, 0.1) is 5.82 Å². The van der Waals surface area contributed by atoms with Gasteiger partial charge < -0.3 is 9.30 Å². The maximum atomic E-state index is 12.9. The highest BCUT2D eigenvalue weighted by Crippen LogP contribution is 2.40. The number of rotatable bonds is 8. The molecule has 1 aliphatic carbocycles. The van der Waals surface area contributed by atoms with Gasteiger partial charge in [0.25, 0.3) is 0 Å². The molecule has 0 saturated heterocycles. The lowest BCUT2D eigenvalue weighted by atomic mass is 10.2. The van der Waals surface area contributed by atoms with Crippen LogP contribution in [0.15, 0.2) is 59.8 Å². The summed E-state index contributed by atoms with van der Waals surface area (Å²) in [5, 5.41) is 9.76. The van der Waals surface area contributed by atoms with Gasteiger partial charge in [-0.2, -0.15) is 0 Å². The topological polar surface area (TPSA) is 39.9 Å². The van der Waals surface area contributed by atoms with Gasteiger partial charge >= 0.3 is 0 Å². The largest absolute Gasteiger partial charge is 0.493 e. The predicted molar refractivity (Wildman–Crippen MR) is 100 cm³/mol. The van der Waals surface area contributed by atoms with Gasteiger partial charge in [-0.25, -0.2) is 4.39 Å². The van der Waals surface area contributed by atoms with E-state index < -0.39 is 0 Å². The van der Waals surface area contributed by atoms with Gasteiger partial charge in [-0.15, -0.1) is 10.2 Å². The molecule has 0 unspecified atom stereocenters. The summed E-state index contributed by atoms with van der Waals surface area (Å²) in [5.41, 5.74) is 1.25. The number of halogens is 1. The zero-order chi connectivity index (χ0) is 17.8. The summed E-state index contributed by atoms with van der Waals surface area (Å²) in [6.45, 7) is 1.33. The second-order valence-corrected chi connectivity index (χ2v) is 7.40. The first kappa shape index (κ1) is 17.1. The van der Waals surface area contributed by atoms with Crippen LogP contribution in [-0.4, -0.2) is 27.1 Å². The Labute approximate surface area is 156 Å². The van der Waals surface area contributed by atoms with E-state index in [0.717, 1.165) is 23.3 Å². The van der Waals surface area contributed by atoms with Crippen molar-refractivity contribution in [2.75, 3.05) is 12.4 Å². The molecule has 0 atom stereocenters. The molecule has 134 valence electrons. The Bertz CT molecular complexity index is 847. The molecule has 1 aliphatic rings. The van der Waals surface area contributed by atoms with E-state index in [4.69, 9.17) is 4.74 Å². The van der Waals surface area contributed by atoms with E-state index >= 15 is 0 Å². The van der Waals surface area contributed by atoms with Crippen LogP contribution >= 0.6 is 11.8 Å². The molecule has 0 aliphatic heterocycles. The Morgan fingerprint density at radius 2 is 1.81 bits per heavy atom. The van der Waals surface area contributed by atoms with Crippen molar-refractivity contribution in [3.63, 3.8) is 0 Å². The van der Waals surface area contributed by atoms with Gasteiger partial charge in [0, 0.05) is 11.7 Å². The standard InChI is InChI=1S/C20H20FN3OS/c21-17-8-10-18(11-9-17)25-12-13-26-20-23-22-19(16-6-7-16)24(20)14-15-4-2-1-3-5-15/h1-5,8-11,16H,6-7,12-14H2. The van der Waals surface area contributed by atoms with E-state index in [0.29, 0.717) is 18.3 Å². The smallest absolute Gasteiger partial charge is 0.191 e. The van der Waals surface area contributed by atoms with Gasteiger partial charge in [0.1, 0.15) is 17.4 Å². The van der Waals surface area contributed by atoms with E-state index in [-0.39, 0.29) is 5.82 Å². The highest BCUT2D eigenvalue weighted by molar-refractivity contribution is 7.99. The molecule has 1 heterocycles. The van der Waals surface area contributed by atoms with E-state index in [1.807, 2.05) is 6.07 Å². The Balaban J connectivity index is 1.39. The molecule has 0 radical (unpaired) electrons. The molecule has 4 nitrogen and oxygen atoms in total. The lowest BCUT2D eigenvalue weighted by Crippen LogP contribution is -2.07. The minimum atomic E-state index is -0.256. The van der Waals surface area contributed by atoms with Gasteiger partial charge in [0.05, 0.1) is 13.2 Å². The summed E-state index contributed by atoms with van der Waals surface area (Å²) in [6.07, 6.45) is 2.40. The van der Waals surface area contributed by atoms with Crippen molar-refractivity contribution >= 4 is 11.8 Å². The molecule has 1 fully saturated rings. The number of hydrogen-bond donors (Lipinski definition) is 0. The summed E-state index contributed by atoms with van der Waals surface area (Å²) in [6, 6.07) is 16.5. The summed E-state index contributed by atoms with van der Waals surface area (Å²) < 4.78 is 20.8. The first-order chi connectivity index (χ1) is 12.8. The minimum absolute atomic E-state index is 0.256. The molecule has 26 heavy (non-hydrogen) atoms. The Hall–Kier alpha value is -2.34. The van der Waals surface area contributed by atoms with Crippen LogP contribution in [0.5, 0.6) is 5.75 Å². The number of nitrogens with zero attached hydrogens (tertiary/aromatic N) is 3. The van der Waals surface area contributed by atoms with Gasteiger partial charge in [0.2, 0.25) is 0 Å². The molecule has 6 heteroatoms. The van der Waals surface area contributed by atoms with Gasteiger partial charge in [-0.05, 0) is 42.7 Å². The molecule has 1 saturated carbocycles. The molecule has 0 N–H and O–H groups in total. The zero-order valence-corrected chi connectivity index (χ0v) is 15.2. The molecule has 0 amide bonds. The molecule has 0 spiro atoms. The number of hydrogen-bond acceptors (Lipinski definition) is 4. The molecule has 4 rings (SSSR count). The predicted octanol–water partition coefficient (Wildman–Crippen LogP) is 4.51. The van der Waals surface area contributed by atoms with Crippen molar-refractivity contribution in [3.8, 4) is 5.75 Å². The van der Waals surface area contributed by atoms with Crippen LogP contribution in [0.1, 0.15) is 30.1 Å². The minimum Gasteiger partial charge on any atom is -0.493 e. The summed E-state index contributed by atoms with van der Waals surface area (Å²) in [7, 11) is 0. The van der Waals surface area contributed by atoms with Crippen LogP contribution in [0.4, 0.5) is 4.39 Å². The average Bonchev–Trinajstić information content (AvgIpc) is 3.44. The fourth-order valence-electron chi connectivity index (χ4n) is 2.79. The van der Waals surface area contributed by atoms with E-state index in [2.05, 4.69) is 39.0 Å². The van der Waals surface area contributed by atoms with Crippen molar-refractivity contribution in [3.05, 3.63) is 71.8 Å².